The Morgan fingerprint density at radius 2 is 1.91 bits per heavy atom. The van der Waals surface area contributed by atoms with Crippen LogP contribution in [0.3, 0.4) is 0 Å². The van der Waals surface area contributed by atoms with Gasteiger partial charge in [0.15, 0.2) is 0 Å². The Labute approximate surface area is 130 Å². The lowest BCUT2D eigenvalue weighted by atomic mass is 9.92. The molecule has 0 bridgehead atoms. The van der Waals surface area contributed by atoms with E-state index in [2.05, 4.69) is 5.32 Å². The highest BCUT2D eigenvalue weighted by molar-refractivity contribution is 5.81. The van der Waals surface area contributed by atoms with Gasteiger partial charge in [-0.15, -0.1) is 0 Å². The molecule has 0 aliphatic rings. The number of hydrogen-bond acceptors (Lipinski definition) is 2. The normalized spacial score (nSPS) is 13.6. The van der Waals surface area contributed by atoms with Gasteiger partial charge in [-0.2, -0.15) is 0 Å². The topological polar surface area (TPSA) is 55.1 Å². The Morgan fingerprint density at radius 3 is 2.50 bits per heavy atom. The van der Waals surface area contributed by atoms with Crippen molar-refractivity contribution < 1.29 is 9.18 Å². The van der Waals surface area contributed by atoms with Crippen LogP contribution in [0.4, 0.5) is 4.39 Å². The molecule has 0 aliphatic heterocycles. The zero-order valence-corrected chi connectivity index (χ0v) is 12.8. The summed E-state index contributed by atoms with van der Waals surface area (Å²) in [5.74, 6) is -0.719. The summed E-state index contributed by atoms with van der Waals surface area (Å²) in [7, 11) is 0. The zero-order valence-electron chi connectivity index (χ0n) is 12.8. The molecule has 0 heterocycles. The second kappa shape index (κ2) is 7.18. The monoisotopic (exact) mass is 300 g/mol. The Kier molecular flexibility index (Phi) is 5.28. The SMILES string of the molecule is Cc1ccc(CNC(C(N)=O)C(C)c2ccccc2)cc1F. The standard InChI is InChI=1S/C18H21FN2O/c1-12-8-9-14(10-16(12)19)11-21-17(18(20)22)13(2)15-6-4-3-5-7-15/h3-10,13,17,21H,11H2,1-2H3,(H2,20,22). The van der Waals surface area contributed by atoms with Crippen molar-refractivity contribution >= 4 is 5.91 Å². The van der Waals surface area contributed by atoms with E-state index in [1.165, 1.54) is 6.07 Å². The van der Waals surface area contributed by atoms with Crippen molar-refractivity contribution in [2.75, 3.05) is 0 Å². The first kappa shape index (κ1) is 16.2. The first-order valence-corrected chi connectivity index (χ1v) is 7.31. The van der Waals surface area contributed by atoms with E-state index < -0.39 is 11.9 Å². The maximum atomic E-state index is 13.6. The molecule has 3 nitrogen and oxygen atoms in total. The van der Waals surface area contributed by atoms with E-state index in [4.69, 9.17) is 5.73 Å². The van der Waals surface area contributed by atoms with Crippen LogP contribution in [0, 0.1) is 12.7 Å². The van der Waals surface area contributed by atoms with Crippen molar-refractivity contribution in [3.63, 3.8) is 0 Å². The predicted octanol–water partition coefficient (Wildman–Crippen LogP) is 2.88. The summed E-state index contributed by atoms with van der Waals surface area (Å²) in [4.78, 5) is 11.7. The third kappa shape index (κ3) is 3.92. The number of halogens is 1. The summed E-state index contributed by atoms with van der Waals surface area (Å²) in [5.41, 5.74) is 7.94. The lowest BCUT2D eigenvalue weighted by Crippen LogP contribution is -2.44. The van der Waals surface area contributed by atoms with Crippen molar-refractivity contribution in [3.05, 3.63) is 71.0 Å². The number of amides is 1. The molecule has 0 spiro atoms. The highest BCUT2D eigenvalue weighted by Crippen LogP contribution is 2.19. The maximum Gasteiger partial charge on any atom is 0.235 e. The van der Waals surface area contributed by atoms with Crippen LogP contribution >= 0.6 is 0 Å². The fourth-order valence-corrected chi connectivity index (χ4v) is 2.45. The number of hydrogen-bond donors (Lipinski definition) is 2. The Hall–Kier alpha value is -2.20. The Bertz CT molecular complexity index is 643. The molecule has 0 radical (unpaired) electrons. The first-order chi connectivity index (χ1) is 10.5. The van der Waals surface area contributed by atoms with E-state index in [0.29, 0.717) is 12.1 Å². The molecule has 4 heteroatoms. The molecule has 116 valence electrons. The van der Waals surface area contributed by atoms with Crippen molar-refractivity contribution in [3.8, 4) is 0 Å². The van der Waals surface area contributed by atoms with E-state index in [0.717, 1.165) is 11.1 Å². The minimum Gasteiger partial charge on any atom is -0.368 e. The van der Waals surface area contributed by atoms with Gasteiger partial charge in [0, 0.05) is 12.5 Å². The molecule has 0 saturated heterocycles. The average Bonchev–Trinajstić information content (AvgIpc) is 2.51. The molecule has 3 N–H and O–H groups in total. The number of aryl methyl sites for hydroxylation is 1. The minimum absolute atomic E-state index is 0.0611. The summed E-state index contributed by atoms with van der Waals surface area (Å²) in [6.07, 6.45) is 0. The number of carbonyl (C=O) groups excluding carboxylic acids is 1. The maximum absolute atomic E-state index is 13.6. The van der Waals surface area contributed by atoms with Crippen molar-refractivity contribution in [1.82, 2.24) is 5.32 Å². The van der Waals surface area contributed by atoms with Crippen molar-refractivity contribution in [1.29, 1.82) is 0 Å². The quantitative estimate of drug-likeness (QED) is 0.862. The molecule has 0 fully saturated rings. The lowest BCUT2D eigenvalue weighted by molar-refractivity contribution is -0.120. The fourth-order valence-electron chi connectivity index (χ4n) is 2.45. The van der Waals surface area contributed by atoms with E-state index >= 15 is 0 Å². The number of nitrogens with one attached hydrogen (secondary N) is 1. The second-order valence-electron chi connectivity index (χ2n) is 5.54. The lowest BCUT2D eigenvalue weighted by Gasteiger charge is -2.23. The smallest absolute Gasteiger partial charge is 0.235 e. The molecule has 2 unspecified atom stereocenters. The van der Waals surface area contributed by atoms with Crippen LogP contribution in [0.15, 0.2) is 48.5 Å². The summed E-state index contributed by atoms with van der Waals surface area (Å²) in [6.45, 7) is 4.06. The number of nitrogens with two attached hydrogens (primary N) is 1. The fraction of sp³-hybridized carbons (Fsp3) is 0.278. The van der Waals surface area contributed by atoms with Crippen LogP contribution in [0.2, 0.25) is 0 Å². The van der Waals surface area contributed by atoms with Crippen LogP contribution in [0.5, 0.6) is 0 Å². The number of rotatable bonds is 6. The molecular weight excluding hydrogens is 279 g/mol. The number of carbonyl (C=O) groups is 1. The minimum atomic E-state index is -0.508. The van der Waals surface area contributed by atoms with E-state index in [1.54, 1.807) is 13.0 Å². The van der Waals surface area contributed by atoms with E-state index in [-0.39, 0.29) is 11.7 Å². The van der Waals surface area contributed by atoms with Gasteiger partial charge in [-0.1, -0.05) is 49.4 Å². The van der Waals surface area contributed by atoms with Gasteiger partial charge in [-0.3, -0.25) is 4.79 Å². The van der Waals surface area contributed by atoms with E-state index in [9.17, 15) is 9.18 Å². The highest BCUT2D eigenvalue weighted by Gasteiger charge is 2.23. The van der Waals surface area contributed by atoms with Crippen LogP contribution in [0.1, 0.15) is 29.5 Å². The average molecular weight is 300 g/mol. The van der Waals surface area contributed by atoms with Gasteiger partial charge in [0.2, 0.25) is 5.91 Å². The Morgan fingerprint density at radius 1 is 1.23 bits per heavy atom. The summed E-state index contributed by atoms with van der Waals surface area (Å²) < 4.78 is 13.6. The van der Waals surface area contributed by atoms with Crippen molar-refractivity contribution in [2.24, 2.45) is 5.73 Å². The third-order valence-electron chi connectivity index (χ3n) is 3.89. The predicted molar refractivity (Wildman–Crippen MR) is 85.8 cm³/mol. The van der Waals surface area contributed by atoms with Crippen LogP contribution in [-0.2, 0) is 11.3 Å². The third-order valence-corrected chi connectivity index (χ3v) is 3.89. The van der Waals surface area contributed by atoms with E-state index in [1.807, 2.05) is 43.3 Å². The second-order valence-corrected chi connectivity index (χ2v) is 5.54. The summed E-state index contributed by atoms with van der Waals surface area (Å²) in [5, 5.41) is 3.14. The summed E-state index contributed by atoms with van der Waals surface area (Å²) >= 11 is 0. The molecule has 0 aliphatic carbocycles. The first-order valence-electron chi connectivity index (χ1n) is 7.31. The van der Waals surface area contributed by atoms with Crippen LogP contribution in [0.25, 0.3) is 0 Å². The van der Waals surface area contributed by atoms with Gasteiger partial charge >= 0.3 is 0 Å². The molecule has 2 aromatic carbocycles. The largest absolute Gasteiger partial charge is 0.368 e. The van der Waals surface area contributed by atoms with Gasteiger partial charge in [0.05, 0.1) is 6.04 Å². The molecular formula is C18H21FN2O. The van der Waals surface area contributed by atoms with Crippen LogP contribution in [-0.4, -0.2) is 11.9 Å². The van der Waals surface area contributed by atoms with Gasteiger partial charge in [0.25, 0.3) is 0 Å². The number of primary amides is 1. The van der Waals surface area contributed by atoms with Crippen LogP contribution < -0.4 is 11.1 Å². The molecule has 1 amide bonds. The van der Waals surface area contributed by atoms with Gasteiger partial charge in [-0.05, 0) is 29.7 Å². The van der Waals surface area contributed by atoms with Crippen molar-refractivity contribution in [2.45, 2.75) is 32.4 Å². The Balaban J connectivity index is 2.09. The molecule has 22 heavy (non-hydrogen) atoms. The zero-order chi connectivity index (χ0) is 16.1. The summed E-state index contributed by atoms with van der Waals surface area (Å²) in [6, 6.07) is 14.3. The molecule has 2 rings (SSSR count). The molecule has 0 saturated carbocycles. The highest BCUT2D eigenvalue weighted by atomic mass is 19.1. The van der Waals surface area contributed by atoms with Gasteiger partial charge < -0.3 is 11.1 Å². The molecule has 2 aromatic rings. The van der Waals surface area contributed by atoms with Gasteiger partial charge in [-0.25, -0.2) is 4.39 Å². The van der Waals surface area contributed by atoms with Gasteiger partial charge in [0.1, 0.15) is 5.82 Å². The molecule has 0 aromatic heterocycles. The molecule has 2 atom stereocenters. The number of benzene rings is 2.